The van der Waals surface area contributed by atoms with Crippen LogP contribution in [-0.2, 0) is 26.4 Å². The molecule has 0 aliphatic rings. The van der Waals surface area contributed by atoms with Gasteiger partial charge >= 0.3 is 6.18 Å². The van der Waals surface area contributed by atoms with Gasteiger partial charge in [0.05, 0.1) is 15.4 Å². The zero-order chi connectivity index (χ0) is 21.2. The lowest BCUT2D eigenvalue weighted by Crippen LogP contribution is -2.05. The third kappa shape index (κ3) is 6.61. The van der Waals surface area contributed by atoms with Crippen molar-refractivity contribution in [2.45, 2.75) is 36.7 Å². The minimum atomic E-state index is -4.52. The van der Waals surface area contributed by atoms with Gasteiger partial charge in [-0.3, -0.25) is 9.11 Å². The molecule has 0 bridgehead atoms. The lowest BCUT2D eigenvalue weighted by molar-refractivity contribution is -0.137. The van der Waals surface area contributed by atoms with Gasteiger partial charge in [0.2, 0.25) is 0 Å². The molecule has 0 aliphatic carbocycles. The van der Waals surface area contributed by atoms with E-state index < -0.39 is 36.9 Å². The minimum absolute atomic E-state index is 0.0260. The fourth-order valence-corrected chi connectivity index (χ4v) is 3.80. The summed E-state index contributed by atoms with van der Waals surface area (Å²) in [4.78, 5) is -0.538. The molecular weight excluding hydrogens is 409 g/mol. The number of hydrogen-bond acceptors (Lipinski definition) is 4. The van der Waals surface area contributed by atoms with Crippen LogP contribution in [0.1, 0.15) is 22.3 Å². The largest absolute Gasteiger partial charge is 0.416 e. The van der Waals surface area contributed by atoms with Crippen LogP contribution in [0.15, 0.2) is 46.2 Å². The van der Waals surface area contributed by atoms with Gasteiger partial charge in [0.25, 0.3) is 20.2 Å². The van der Waals surface area contributed by atoms with Crippen LogP contribution >= 0.6 is 0 Å². The Morgan fingerprint density at radius 2 is 1.19 bits per heavy atom. The van der Waals surface area contributed by atoms with Gasteiger partial charge in [-0.05, 0) is 56.2 Å². The number of rotatable bonds is 2. The van der Waals surface area contributed by atoms with Crippen molar-refractivity contribution in [3.63, 3.8) is 0 Å². The first kappa shape index (κ1) is 23.1. The molecule has 0 atom stereocenters. The number of hydrogen-bond donors (Lipinski definition) is 2. The van der Waals surface area contributed by atoms with E-state index in [1.54, 1.807) is 26.0 Å². The number of halogens is 3. The smallest absolute Gasteiger partial charge is 0.282 e. The van der Waals surface area contributed by atoms with Crippen LogP contribution in [0.4, 0.5) is 13.2 Å². The molecule has 150 valence electrons. The highest BCUT2D eigenvalue weighted by atomic mass is 32.2. The minimum Gasteiger partial charge on any atom is -0.282 e. The SMILES string of the molecule is Cc1cc(C)c(S(=O)(=O)O)c(C)c1.O=S(=O)(O)c1ccc(C(F)(F)F)cc1. The first-order valence-electron chi connectivity index (χ1n) is 7.23. The topological polar surface area (TPSA) is 109 Å². The van der Waals surface area contributed by atoms with Gasteiger partial charge in [-0.25, -0.2) is 0 Å². The van der Waals surface area contributed by atoms with E-state index in [1.807, 2.05) is 6.92 Å². The molecule has 0 unspecified atom stereocenters. The Balaban J connectivity index is 0.000000271. The lowest BCUT2D eigenvalue weighted by Gasteiger charge is -2.07. The molecule has 11 heteroatoms. The second-order valence-electron chi connectivity index (χ2n) is 5.70. The van der Waals surface area contributed by atoms with Crippen LogP contribution in [0, 0.1) is 20.8 Å². The summed E-state index contributed by atoms with van der Waals surface area (Å²) in [6.45, 7) is 5.22. The summed E-state index contributed by atoms with van der Waals surface area (Å²) in [6, 6.07) is 6.02. The predicted octanol–water partition coefficient (Wildman–Crippen LogP) is 3.81. The van der Waals surface area contributed by atoms with Crippen LogP contribution < -0.4 is 0 Å². The molecule has 0 saturated heterocycles. The Bertz CT molecular complexity index is 1000. The molecule has 0 radical (unpaired) electrons. The van der Waals surface area contributed by atoms with Crippen LogP contribution in [0.25, 0.3) is 0 Å². The van der Waals surface area contributed by atoms with E-state index in [2.05, 4.69) is 0 Å². The molecule has 27 heavy (non-hydrogen) atoms. The number of alkyl halides is 3. The zero-order valence-corrected chi connectivity index (χ0v) is 16.1. The summed E-state index contributed by atoms with van der Waals surface area (Å²) in [5, 5.41) is 0. The zero-order valence-electron chi connectivity index (χ0n) is 14.4. The Hall–Kier alpha value is -1.95. The summed E-state index contributed by atoms with van der Waals surface area (Å²) >= 11 is 0. The van der Waals surface area contributed by atoms with Gasteiger partial charge in [-0.15, -0.1) is 0 Å². The van der Waals surface area contributed by atoms with Crippen molar-refractivity contribution < 1.29 is 39.1 Å². The third-order valence-electron chi connectivity index (χ3n) is 3.34. The van der Waals surface area contributed by atoms with E-state index in [-0.39, 0.29) is 4.90 Å². The van der Waals surface area contributed by atoms with E-state index in [0.717, 1.165) is 5.56 Å². The maximum absolute atomic E-state index is 12.0. The summed E-state index contributed by atoms with van der Waals surface area (Å²) in [7, 11) is -8.51. The number of aryl methyl sites for hydroxylation is 3. The van der Waals surface area contributed by atoms with E-state index in [0.29, 0.717) is 35.4 Å². The van der Waals surface area contributed by atoms with Gasteiger partial charge in [0, 0.05) is 0 Å². The average molecular weight is 426 g/mol. The maximum atomic E-state index is 12.0. The Morgan fingerprint density at radius 1 is 0.778 bits per heavy atom. The molecule has 0 saturated carbocycles. The Kier molecular flexibility index (Phi) is 6.81. The molecule has 0 aliphatic heterocycles. The molecule has 0 heterocycles. The van der Waals surface area contributed by atoms with Gasteiger partial charge < -0.3 is 0 Å². The quantitative estimate of drug-likeness (QED) is 0.707. The second kappa shape index (κ2) is 7.97. The molecule has 0 fully saturated rings. The van der Waals surface area contributed by atoms with Crippen molar-refractivity contribution in [3.05, 3.63) is 58.7 Å². The van der Waals surface area contributed by atoms with Crippen molar-refractivity contribution in [1.29, 1.82) is 0 Å². The van der Waals surface area contributed by atoms with Gasteiger partial charge in [0.1, 0.15) is 0 Å². The van der Waals surface area contributed by atoms with E-state index in [4.69, 9.17) is 9.11 Å². The summed E-state index contributed by atoms with van der Waals surface area (Å²) < 4.78 is 96.2. The first-order chi connectivity index (χ1) is 12.0. The standard InChI is InChI=1S/C9H12O3S.C7H5F3O3S/c1-6-4-7(2)9(8(3)5-6)13(10,11)12;8-7(9,10)5-1-3-6(4-2-5)14(11,12)13/h4-5H,1-3H3,(H,10,11,12);1-4H,(H,11,12,13). The van der Waals surface area contributed by atoms with Crippen molar-refractivity contribution >= 4 is 20.2 Å². The second-order valence-corrected chi connectivity index (χ2v) is 8.48. The molecule has 0 aromatic heterocycles. The van der Waals surface area contributed by atoms with Crippen LogP contribution in [-0.4, -0.2) is 25.9 Å². The molecule has 2 N–H and O–H groups in total. The van der Waals surface area contributed by atoms with Crippen molar-refractivity contribution in [2.24, 2.45) is 0 Å². The van der Waals surface area contributed by atoms with Crippen molar-refractivity contribution in [3.8, 4) is 0 Å². The molecule has 0 amide bonds. The van der Waals surface area contributed by atoms with Gasteiger partial charge in [0.15, 0.2) is 0 Å². The van der Waals surface area contributed by atoms with Crippen molar-refractivity contribution in [1.82, 2.24) is 0 Å². The molecule has 6 nitrogen and oxygen atoms in total. The highest BCUT2D eigenvalue weighted by Crippen LogP contribution is 2.29. The molecule has 0 spiro atoms. The van der Waals surface area contributed by atoms with Crippen LogP contribution in [0.2, 0.25) is 0 Å². The fourth-order valence-electron chi connectivity index (χ4n) is 2.39. The Morgan fingerprint density at radius 3 is 1.48 bits per heavy atom. The monoisotopic (exact) mass is 426 g/mol. The fraction of sp³-hybridized carbons (Fsp3) is 0.250. The summed E-state index contributed by atoms with van der Waals surface area (Å²) in [5.74, 6) is 0. The lowest BCUT2D eigenvalue weighted by atomic mass is 10.1. The highest BCUT2D eigenvalue weighted by Gasteiger charge is 2.30. The molecule has 2 aromatic carbocycles. The van der Waals surface area contributed by atoms with E-state index >= 15 is 0 Å². The van der Waals surface area contributed by atoms with E-state index in [9.17, 15) is 30.0 Å². The summed E-state index contributed by atoms with van der Waals surface area (Å²) in [6.07, 6.45) is -4.52. The normalized spacial score (nSPS) is 12.3. The van der Waals surface area contributed by atoms with Gasteiger partial charge in [-0.2, -0.15) is 30.0 Å². The average Bonchev–Trinajstić information content (AvgIpc) is 2.43. The molecule has 2 aromatic rings. The molecule has 2 rings (SSSR count). The van der Waals surface area contributed by atoms with Crippen LogP contribution in [0.3, 0.4) is 0 Å². The predicted molar refractivity (Wildman–Crippen MR) is 91.7 cm³/mol. The molecular formula is C16H17F3O6S2. The number of benzene rings is 2. The van der Waals surface area contributed by atoms with E-state index in [1.165, 1.54) is 0 Å². The third-order valence-corrected chi connectivity index (χ3v) is 5.37. The highest BCUT2D eigenvalue weighted by molar-refractivity contribution is 7.86. The maximum Gasteiger partial charge on any atom is 0.416 e. The van der Waals surface area contributed by atoms with Crippen molar-refractivity contribution in [2.75, 3.05) is 0 Å². The first-order valence-corrected chi connectivity index (χ1v) is 10.1. The van der Waals surface area contributed by atoms with Crippen LogP contribution in [0.5, 0.6) is 0 Å². The van der Waals surface area contributed by atoms with Gasteiger partial charge in [-0.1, -0.05) is 17.7 Å². The summed E-state index contributed by atoms with van der Waals surface area (Å²) in [5.41, 5.74) is 1.19. The Labute approximate surface area is 155 Å².